The van der Waals surface area contributed by atoms with Gasteiger partial charge in [-0.15, -0.1) is 24.0 Å². The van der Waals surface area contributed by atoms with Gasteiger partial charge in [-0.05, 0) is 44.5 Å². The molecule has 0 aromatic heterocycles. The van der Waals surface area contributed by atoms with Gasteiger partial charge in [0.2, 0.25) is 0 Å². The van der Waals surface area contributed by atoms with Crippen LogP contribution in [0.15, 0.2) is 29.3 Å². The van der Waals surface area contributed by atoms with E-state index in [9.17, 15) is 0 Å². The molecule has 0 aliphatic carbocycles. The van der Waals surface area contributed by atoms with E-state index in [1.807, 2.05) is 31.2 Å². The molecule has 8 heteroatoms. The quantitative estimate of drug-likeness (QED) is 0.209. The van der Waals surface area contributed by atoms with E-state index in [-0.39, 0.29) is 30.1 Å². The van der Waals surface area contributed by atoms with Crippen LogP contribution < -0.4 is 14.8 Å². The van der Waals surface area contributed by atoms with Crippen molar-refractivity contribution < 1.29 is 18.9 Å². The van der Waals surface area contributed by atoms with Crippen molar-refractivity contribution in [3.8, 4) is 11.5 Å². The Hall–Kier alpha value is -1.26. The van der Waals surface area contributed by atoms with Crippen molar-refractivity contribution in [1.82, 2.24) is 10.2 Å². The summed E-state index contributed by atoms with van der Waals surface area (Å²) in [5.74, 6) is 3.13. The van der Waals surface area contributed by atoms with Gasteiger partial charge in [0, 0.05) is 32.7 Å². The third-order valence-corrected chi connectivity index (χ3v) is 4.60. The van der Waals surface area contributed by atoms with E-state index in [1.165, 1.54) is 0 Å². The number of ether oxygens (including phenoxy) is 4. The number of aliphatic imine (C=N–C) groups is 1. The van der Waals surface area contributed by atoms with Crippen molar-refractivity contribution >= 4 is 29.9 Å². The summed E-state index contributed by atoms with van der Waals surface area (Å²) in [4.78, 5) is 7.10. The predicted molar refractivity (Wildman–Crippen MR) is 127 cm³/mol. The van der Waals surface area contributed by atoms with E-state index < -0.39 is 0 Å². The van der Waals surface area contributed by atoms with Crippen LogP contribution in [0, 0.1) is 5.92 Å². The Morgan fingerprint density at radius 3 is 2.59 bits per heavy atom. The lowest BCUT2D eigenvalue weighted by molar-refractivity contribution is 0.0536. The zero-order chi connectivity index (χ0) is 20.2. The maximum Gasteiger partial charge on any atom is 0.194 e. The van der Waals surface area contributed by atoms with Gasteiger partial charge in [0.15, 0.2) is 5.96 Å². The van der Waals surface area contributed by atoms with Gasteiger partial charge in [0.05, 0.1) is 33.5 Å². The number of hydrogen-bond donors (Lipinski definition) is 1. The predicted octanol–water partition coefficient (Wildman–Crippen LogP) is 3.03. The van der Waals surface area contributed by atoms with Crippen LogP contribution in [-0.4, -0.2) is 77.2 Å². The van der Waals surface area contributed by atoms with E-state index in [4.69, 9.17) is 23.9 Å². The van der Waals surface area contributed by atoms with E-state index in [0.29, 0.717) is 25.7 Å². The first-order chi connectivity index (χ1) is 13.7. The molecular formula is C21H36IN3O4. The second-order valence-electron chi connectivity index (χ2n) is 6.97. The fourth-order valence-corrected chi connectivity index (χ4v) is 3.12. The van der Waals surface area contributed by atoms with Crippen molar-refractivity contribution in [1.29, 1.82) is 0 Å². The first-order valence-corrected chi connectivity index (χ1v) is 10.1. The molecule has 0 amide bonds. The first kappa shape index (κ1) is 25.8. The number of rotatable bonds is 11. The van der Waals surface area contributed by atoms with Crippen molar-refractivity contribution in [2.75, 3.05) is 60.2 Å². The van der Waals surface area contributed by atoms with Gasteiger partial charge in [-0.2, -0.15) is 0 Å². The summed E-state index contributed by atoms with van der Waals surface area (Å²) < 4.78 is 21.8. The number of likely N-dealkylation sites (tertiary alicyclic amines) is 1. The fraction of sp³-hybridized carbons (Fsp3) is 0.667. The summed E-state index contributed by atoms with van der Waals surface area (Å²) in [5, 5.41) is 3.40. The largest absolute Gasteiger partial charge is 0.497 e. The molecule has 2 atom stereocenters. The second-order valence-corrected chi connectivity index (χ2v) is 6.97. The lowest BCUT2D eigenvalue weighted by atomic mass is 10.1. The summed E-state index contributed by atoms with van der Waals surface area (Å²) in [5.41, 5.74) is 0. The summed E-state index contributed by atoms with van der Waals surface area (Å²) >= 11 is 0. The van der Waals surface area contributed by atoms with Crippen LogP contribution in [0.1, 0.15) is 20.3 Å². The number of guanidine groups is 1. The highest BCUT2D eigenvalue weighted by atomic mass is 127. The minimum atomic E-state index is -0.0159. The minimum absolute atomic E-state index is 0. The normalized spacial score (nSPS) is 17.6. The molecular weight excluding hydrogens is 485 g/mol. The maximum absolute atomic E-state index is 5.96. The van der Waals surface area contributed by atoms with Crippen LogP contribution in [0.5, 0.6) is 11.5 Å². The standard InChI is InChI=1S/C21H35N3O4.HI/c1-5-22-21(24-11-10-18(15-24)16-27-13-12-25-3)23-14-17(2)28-20-8-6-19(26-4)7-9-20;/h6-9,17-18H,5,10-16H2,1-4H3,(H,22,23);1H. The molecule has 166 valence electrons. The SMILES string of the molecule is CCNC(=NCC(C)Oc1ccc(OC)cc1)N1CCC(COCCOC)C1.I. The molecule has 1 fully saturated rings. The molecule has 7 nitrogen and oxygen atoms in total. The molecule has 0 bridgehead atoms. The van der Waals surface area contributed by atoms with Crippen LogP contribution in [0.3, 0.4) is 0 Å². The molecule has 2 unspecified atom stereocenters. The number of benzene rings is 1. The molecule has 0 spiro atoms. The second kappa shape index (κ2) is 14.7. The lowest BCUT2D eigenvalue weighted by Crippen LogP contribution is -2.41. The van der Waals surface area contributed by atoms with Crippen LogP contribution >= 0.6 is 24.0 Å². The molecule has 1 aromatic rings. The van der Waals surface area contributed by atoms with Crippen molar-refractivity contribution in [3.63, 3.8) is 0 Å². The molecule has 1 aliphatic rings. The maximum atomic E-state index is 5.96. The fourth-order valence-electron chi connectivity index (χ4n) is 3.12. The van der Waals surface area contributed by atoms with Crippen molar-refractivity contribution in [2.45, 2.75) is 26.4 Å². The zero-order valence-corrected chi connectivity index (χ0v) is 20.4. The van der Waals surface area contributed by atoms with Gasteiger partial charge in [-0.3, -0.25) is 0 Å². The molecule has 0 saturated carbocycles. The third-order valence-electron chi connectivity index (χ3n) is 4.60. The summed E-state index contributed by atoms with van der Waals surface area (Å²) in [6.07, 6.45) is 1.10. The Morgan fingerprint density at radius 1 is 1.21 bits per heavy atom. The van der Waals surface area contributed by atoms with Gasteiger partial charge in [0.1, 0.15) is 17.6 Å². The number of nitrogens with zero attached hydrogens (tertiary/aromatic N) is 2. The average molecular weight is 521 g/mol. The Kier molecular flexibility index (Phi) is 13.0. The molecule has 0 radical (unpaired) electrons. The van der Waals surface area contributed by atoms with Crippen LogP contribution in [0.2, 0.25) is 0 Å². The van der Waals surface area contributed by atoms with E-state index in [0.717, 1.165) is 50.1 Å². The third kappa shape index (κ3) is 9.39. The summed E-state index contributed by atoms with van der Waals surface area (Å²) in [7, 11) is 3.35. The van der Waals surface area contributed by atoms with Gasteiger partial charge in [-0.1, -0.05) is 0 Å². The minimum Gasteiger partial charge on any atom is -0.497 e. The zero-order valence-electron chi connectivity index (χ0n) is 18.1. The number of methoxy groups -OCH3 is 2. The van der Waals surface area contributed by atoms with Crippen molar-refractivity contribution in [2.24, 2.45) is 10.9 Å². The van der Waals surface area contributed by atoms with Gasteiger partial charge < -0.3 is 29.2 Å². The van der Waals surface area contributed by atoms with E-state index in [2.05, 4.69) is 17.1 Å². The lowest BCUT2D eigenvalue weighted by Gasteiger charge is -2.22. The van der Waals surface area contributed by atoms with Crippen LogP contribution in [-0.2, 0) is 9.47 Å². The van der Waals surface area contributed by atoms with Crippen LogP contribution in [0.25, 0.3) is 0 Å². The first-order valence-electron chi connectivity index (χ1n) is 10.1. The number of nitrogens with one attached hydrogen (secondary N) is 1. The molecule has 1 saturated heterocycles. The van der Waals surface area contributed by atoms with E-state index >= 15 is 0 Å². The molecule has 1 heterocycles. The molecule has 29 heavy (non-hydrogen) atoms. The van der Waals surface area contributed by atoms with Crippen molar-refractivity contribution in [3.05, 3.63) is 24.3 Å². The molecule has 1 N–H and O–H groups in total. The van der Waals surface area contributed by atoms with Gasteiger partial charge in [-0.25, -0.2) is 4.99 Å². The van der Waals surface area contributed by atoms with Crippen LogP contribution in [0.4, 0.5) is 0 Å². The molecule has 1 aromatic carbocycles. The highest BCUT2D eigenvalue weighted by Gasteiger charge is 2.25. The summed E-state index contributed by atoms with van der Waals surface area (Å²) in [6, 6.07) is 7.63. The average Bonchev–Trinajstić information content (AvgIpc) is 3.18. The number of halogens is 1. The number of hydrogen-bond acceptors (Lipinski definition) is 5. The Labute approximate surface area is 192 Å². The Morgan fingerprint density at radius 2 is 1.93 bits per heavy atom. The van der Waals surface area contributed by atoms with E-state index in [1.54, 1.807) is 14.2 Å². The summed E-state index contributed by atoms with van der Waals surface area (Å²) in [6.45, 7) is 9.61. The Balaban J connectivity index is 0.00000420. The topological polar surface area (TPSA) is 64.6 Å². The highest BCUT2D eigenvalue weighted by molar-refractivity contribution is 14.0. The molecule has 1 aliphatic heterocycles. The smallest absolute Gasteiger partial charge is 0.194 e. The molecule has 2 rings (SSSR count). The Bertz CT molecular complexity index is 586. The van der Waals surface area contributed by atoms with Gasteiger partial charge >= 0.3 is 0 Å². The van der Waals surface area contributed by atoms with Gasteiger partial charge in [0.25, 0.3) is 0 Å². The highest BCUT2D eigenvalue weighted by Crippen LogP contribution is 2.19. The monoisotopic (exact) mass is 521 g/mol.